The summed E-state index contributed by atoms with van der Waals surface area (Å²) in [5.41, 5.74) is 3.49. The first-order valence-corrected chi connectivity index (χ1v) is 12.3. The number of methoxy groups -OCH3 is 2. The summed E-state index contributed by atoms with van der Waals surface area (Å²) in [4.78, 5) is 37.5. The molecule has 5 rings (SSSR count). The summed E-state index contributed by atoms with van der Waals surface area (Å²) in [7, 11) is 2.93. The Morgan fingerprint density at radius 3 is 2.54 bits per heavy atom. The lowest BCUT2D eigenvalue weighted by molar-refractivity contribution is 0.0506. The molecule has 2 N–H and O–H groups in total. The van der Waals surface area contributed by atoms with Crippen LogP contribution in [0, 0.1) is 0 Å². The van der Waals surface area contributed by atoms with Crippen LogP contribution in [0.3, 0.4) is 0 Å². The maximum absolute atomic E-state index is 12.2. The van der Waals surface area contributed by atoms with Crippen LogP contribution < -0.4 is 10.1 Å². The second-order valence-electron chi connectivity index (χ2n) is 10.3. The molecule has 37 heavy (non-hydrogen) atoms. The summed E-state index contributed by atoms with van der Waals surface area (Å²) in [5.74, 6) is 0.874. The topological polar surface area (TPSA) is 120 Å². The number of hydrogen-bond acceptors (Lipinski definition) is 7. The molecule has 1 unspecified atom stereocenters. The van der Waals surface area contributed by atoms with Crippen molar-refractivity contribution >= 4 is 34.1 Å². The number of carbonyl (C=O) groups is 2. The summed E-state index contributed by atoms with van der Waals surface area (Å²) >= 11 is 0. The number of alkyl carbamates (subject to hydrolysis) is 1. The number of benzene rings is 1. The first kappa shape index (κ1) is 24.6. The van der Waals surface area contributed by atoms with Crippen molar-refractivity contribution in [2.24, 2.45) is 0 Å². The summed E-state index contributed by atoms with van der Waals surface area (Å²) < 4.78 is 18.1. The molecule has 1 aromatic carbocycles. The van der Waals surface area contributed by atoms with Gasteiger partial charge in [-0.25, -0.2) is 19.6 Å². The van der Waals surface area contributed by atoms with E-state index in [2.05, 4.69) is 14.9 Å². The first-order chi connectivity index (χ1) is 17.6. The largest absolute Gasteiger partial charge is 0.494 e. The number of nitrogens with one attached hydrogen (secondary N) is 2. The summed E-state index contributed by atoms with van der Waals surface area (Å²) in [5, 5.41) is 3.75. The Morgan fingerprint density at radius 2 is 1.89 bits per heavy atom. The number of amides is 1. The highest BCUT2D eigenvalue weighted by molar-refractivity contribution is 5.97. The maximum Gasteiger partial charge on any atom is 0.408 e. The van der Waals surface area contributed by atoms with Crippen molar-refractivity contribution < 1.29 is 23.8 Å². The van der Waals surface area contributed by atoms with E-state index >= 15 is 0 Å². The molecule has 1 amide bonds. The molecule has 1 atom stereocenters. The molecule has 4 aromatic rings. The van der Waals surface area contributed by atoms with E-state index in [0.717, 1.165) is 35.3 Å². The van der Waals surface area contributed by atoms with Crippen LogP contribution in [-0.4, -0.2) is 51.4 Å². The zero-order valence-electron chi connectivity index (χ0n) is 21.8. The zero-order chi connectivity index (χ0) is 26.5. The molecule has 1 aliphatic carbocycles. The van der Waals surface area contributed by atoms with E-state index in [1.165, 1.54) is 7.11 Å². The fraction of sp³-hybridized carbons (Fsp3) is 0.407. The lowest BCUT2D eigenvalue weighted by Gasteiger charge is -2.21. The van der Waals surface area contributed by atoms with E-state index in [-0.39, 0.29) is 6.04 Å². The second-order valence-corrected chi connectivity index (χ2v) is 10.3. The second kappa shape index (κ2) is 9.10. The normalized spacial score (nSPS) is 14.5. The monoisotopic (exact) mass is 505 g/mol. The average Bonchev–Trinajstić information content (AvgIpc) is 3.47. The molecule has 1 fully saturated rings. The maximum atomic E-state index is 12.2. The Balaban J connectivity index is 1.53. The number of esters is 1. The van der Waals surface area contributed by atoms with Gasteiger partial charge >= 0.3 is 12.1 Å². The van der Waals surface area contributed by atoms with Gasteiger partial charge in [0, 0.05) is 11.4 Å². The smallest absolute Gasteiger partial charge is 0.408 e. The summed E-state index contributed by atoms with van der Waals surface area (Å²) in [6, 6.07) is 9.23. The molecule has 0 bridgehead atoms. The number of imidazole rings is 1. The number of hydrogen-bond donors (Lipinski definition) is 2. The molecule has 0 spiro atoms. The molecular weight excluding hydrogens is 474 g/mol. The number of aromatic amines is 1. The highest BCUT2D eigenvalue weighted by atomic mass is 16.6. The van der Waals surface area contributed by atoms with Crippen molar-refractivity contribution in [3.63, 3.8) is 0 Å². The minimum Gasteiger partial charge on any atom is -0.494 e. The van der Waals surface area contributed by atoms with Gasteiger partial charge in [-0.3, -0.25) is 0 Å². The van der Waals surface area contributed by atoms with Crippen molar-refractivity contribution in [2.75, 3.05) is 14.2 Å². The standard InChI is InChI=1S/C27H31N5O5/c1-14(28-26(34)37-27(2,3)4)18-10-7-15-11-20(30-23(15)29-18)24-31-19-12-16(25(33)36-6)13-21(35-5)22(19)32(24)17-8-9-17/h7,10-14,17H,8-9H2,1-6H3,(H,28,34)(H,29,30). The van der Waals surface area contributed by atoms with E-state index in [4.69, 9.17) is 24.2 Å². The van der Waals surface area contributed by atoms with Gasteiger partial charge in [0.1, 0.15) is 22.5 Å². The number of nitrogens with zero attached hydrogens (tertiary/aromatic N) is 3. The molecule has 10 heteroatoms. The minimum absolute atomic E-state index is 0.297. The fourth-order valence-corrected chi connectivity index (χ4v) is 4.40. The summed E-state index contributed by atoms with van der Waals surface area (Å²) in [6.07, 6.45) is 1.58. The SMILES string of the molecule is COC(=O)c1cc(OC)c2c(c1)nc(-c1cc3ccc(C(C)NC(=O)OC(C)(C)C)nc3[nH]1)n2C1CC1. The Morgan fingerprint density at radius 1 is 1.14 bits per heavy atom. The van der Waals surface area contributed by atoms with Crippen molar-refractivity contribution in [2.45, 2.75) is 58.2 Å². The molecule has 1 saturated carbocycles. The molecule has 0 saturated heterocycles. The van der Waals surface area contributed by atoms with Gasteiger partial charge in [0.25, 0.3) is 0 Å². The average molecular weight is 506 g/mol. The Kier molecular flexibility index (Phi) is 6.05. The van der Waals surface area contributed by atoms with E-state index in [1.54, 1.807) is 19.2 Å². The fourth-order valence-electron chi connectivity index (χ4n) is 4.40. The van der Waals surface area contributed by atoms with E-state index in [0.29, 0.717) is 34.2 Å². The number of rotatable bonds is 6. The zero-order valence-corrected chi connectivity index (χ0v) is 21.8. The number of ether oxygens (including phenoxy) is 3. The highest BCUT2D eigenvalue weighted by Gasteiger charge is 2.31. The van der Waals surface area contributed by atoms with Crippen LogP contribution in [0.5, 0.6) is 5.75 Å². The Labute approximate surface area is 214 Å². The van der Waals surface area contributed by atoms with Crippen LogP contribution in [0.25, 0.3) is 33.6 Å². The molecule has 3 heterocycles. The molecule has 0 radical (unpaired) electrons. The van der Waals surface area contributed by atoms with Crippen molar-refractivity contribution in [3.8, 4) is 17.3 Å². The van der Waals surface area contributed by atoms with Crippen LogP contribution in [0.1, 0.15) is 68.7 Å². The highest BCUT2D eigenvalue weighted by Crippen LogP contribution is 2.44. The van der Waals surface area contributed by atoms with Crippen LogP contribution >= 0.6 is 0 Å². The van der Waals surface area contributed by atoms with Gasteiger partial charge in [0.05, 0.1) is 42.7 Å². The van der Waals surface area contributed by atoms with E-state index in [9.17, 15) is 9.59 Å². The molecule has 0 aliphatic heterocycles. The van der Waals surface area contributed by atoms with E-state index in [1.807, 2.05) is 45.9 Å². The van der Waals surface area contributed by atoms with Crippen molar-refractivity contribution in [1.82, 2.24) is 24.8 Å². The van der Waals surface area contributed by atoms with Crippen molar-refractivity contribution in [1.29, 1.82) is 0 Å². The predicted octanol–water partition coefficient (Wildman–Crippen LogP) is 5.30. The molecular formula is C27H31N5O5. The predicted molar refractivity (Wildman–Crippen MR) is 139 cm³/mol. The van der Waals surface area contributed by atoms with Gasteiger partial charge in [-0.15, -0.1) is 0 Å². The number of fused-ring (bicyclic) bond motifs is 2. The van der Waals surface area contributed by atoms with Crippen LogP contribution in [0.4, 0.5) is 4.79 Å². The Bertz CT molecular complexity index is 1510. The van der Waals surface area contributed by atoms with Gasteiger partial charge < -0.3 is 29.1 Å². The van der Waals surface area contributed by atoms with Crippen LogP contribution in [0.15, 0.2) is 30.3 Å². The third-order valence-corrected chi connectivity index (χ3v) is 6.22. The molecule has 3 aromatic heterocycles. The van der Waals surface area contributed by atoms with Crippen LogP contribution in [0.2, 0.25) is 0 Å². The van der Waals surface area contributed by atoms with Crippen molar-refractivity contribution in [3.05, 3.63) is 41.6 Å². The first-order valence-electron chi connectivity index (χ1n) is 12.3. The van der Waals surface area contributed by atoms with Crippen LogP contribution in [-0.2, 0) is 9.47 Å². The quantitative estimate of drug-likeness (QED) is 0.341. The molecule has 10 nitrogen and oxygen atoms in total. The molecule has 194 valence electrons. The third kappa shape index (κ3) is 4.83. The third-order valence-electron chi connectivity index (χ3n) is 6.22. The summed E-state index contributed by atoms with van der Waals surface area (Å²) in [6.45, 7) is 7.33. The van der Waals surface area contributed by atoms with Gasteiger partial charge in [0.2, 0.25) is 0 Å². The number of carbonyl (C=O) groups excluding carboxylic acids is 2. The lowest BCUT2D eigenvalue weighted by Crippen LogP contribution is -2.34. The van der Waals surface area contributed by atoms with Gasteiger partial charge in [-0.2, -0.15) is 0 Å². The van der Waals surface area contributed by atoms with Gasteiger partial charge in [0.15, 0.2) is 5.82 Å². The Hall–Kier alpha value is -4.08. The van der Waals surface area contributed by atoms with E-state index < -0.39 is 17.7 Å². The lowest BCUT2D eigenvalue weighted by atomic mass is 10.2. The van der Waals surface area contributed by atoms with Gasteiger partial charge in [-0.05, 0) is 70.9 Å². The number of H-pyrrole nitrogens is 1. The van der Waals surface area contributed by atoms with Gasteiger partial charge in [-0.1, -0.05) is 0 Å². The number of aromatic nitrogens is 4. The number of pyridine rings is 1. The minimum atomic E-state index is -0.581. The molecule has 1 aliphatic rings.